The quantitative estimate of drug-likeness (QED) is 0.634. The molecule has 1 unspecified atom stereocenters. The molecule has 3 rings (SSSR count). The molecule has 1 aliphatic rings. The summed E-state index contributed by atoms with van der Waals surface area (Å²) >= 11 is 1.41. The molecule has 0 spiro atoms. The molecule has 0 saturated carbocycles. The minimum Gasteiger partial charge on any atom is -0.497 e. The Kier molecular flexibility index (Phi) is 6.53. The number of methoxy groups -OCH3 is 1. The summed E-state index contributed by atoms with van der Waals surface area (Å²) in [4.78, 5) is 37.1. The number of hydrogen-bond acceptors (Lipinski definition) is 5. The van der Waals surface area contributed by atoms with Crippen molar-refractivity contribution >= 4 is 39.8 Å². The van der Waals surface area contributed by atoms with Gasteiger partial charge >= 0.3 is 5.97 Å². The molecule has 29 heavy (non-hydrogen) atoms. The number of fused-ring (bicyclic) bond motifs is 1. The van der Waals surface area contributed by atoms with Gasteiger partial charge in [-0.15, -0.1) is 11.3 Å². The van der Waals surface area contributed by atoms with E-state index in [0.29, 0.717) is 27.9 Å². The number of rotatable bonds is 7. The lowest BCUT2D eigenvalue weighted by Crippen LogP contribution is -2.19. The van der Waals surface area contributed by atoms with Gasteiger partial charge in [-0.1, -0.05) is 13.0 Å². The number of carboxylic acid groups (broad SMARTS) is 1. The summed E-state index contributed by atoms with van der Waals surface area (Å²) in [5.74, 6) is -0.582. The minimum atomic E-state index is -1.03. The van der Waals surface area contributed by atoms with E-state index in [1.54, 1.807) is 31.4 Å². The highest BCUT2D eigenvalue weighted by Crippen LogP contribution is 2.40. The van der Waals surface area contributed by atoms with Crippen LogP contribution in [0.4, 0.5) is 10.7 Å². The predicted molar refractivity (Wildman–Crippen MR) is 112 cm³/mol. The summed E-state index contributed by atoms with van der Waals surface area (Å²) in [7, 11) is 1.56. The van der Waals surface area contributed by atoms with Crippen molar-refractivity contribution in [1.82, 2.24) is 0 Å². The molecule has 3 N–H and O–H groups in total. The third-order valence-electron chi connectivity index (χ3n) is 4.89. The standard InChI is InChI=1S/C21H24N2O5S/c1-12-6-7-15-16(10-12)29-21(23-17(24)8-9-18(25)26)19(15)20(27)22-13-4-3-5-14(11-13)28-2/h3-5,11-12H,6-10H2,1-2H3,(H,22,27)(H,23,24)(H,25,26). The van der Waals surface area contributed by atoms with Crippen molar-refractivity contribution in [2.75, 3.05) is 17.7 Å². The van der Waals surface area contributed by atoms with Crippen LogP contribution in [-0.2, 0) is 22.4 Å². The molecule has 0 saturated heterocycles. The molecule has 2 amide bonds. The van der Waals surface area contributed by atoms with Crippen LogP contribution in [0, 0.1) is 5.92 Å². The number of carboxylic acids is 1. The van der Waals surface area contributed by atoms with Crippen molar-refractivity contribution in [1.29, 1.82) is 0 Å². The Hall–Kier alpha value is -2.87. The summed E-state index contributed by atoms with van der Waals surface area (Å²) in [5.41, 5.74) is 2.05. The molecule has 0 radical (unpaired) electrons. The third kappa shape index (κ3) is 5.14. The van der Waals surface area contributed by atoms with E-state index in [4.69, 9.17) is 9.84 Å². The van der Waals surface area contributed by atoms with Crippen LogP contribution in [0.2, 0.25) is 0 Å². The first kappa shape index (κ1) is 20.9. The number of carbonyl (C=O) groups excluding carboxylic acids is 2. The first-order valence-corrected chi connectivity index (χ1v) is 10.3. The maximum Gasteiger partial charge on any atom is 0.303 e. The summed E-state index contributed by atoms with van der Waals surface area (Å²) in [6.45, 7) is 2.17. The fraction of sp³-hybridized carbons (Fsp3) is 0.381. The van der Waals surface area contributed by atoms with Crippen molar-refractivity contribution in [3.05, 3.63) is 40.3 Å². The number of thiophene rings is 1. The van der Waals surface area contributed by atoms with E-state index in [1.807, 2.05) is 0 Å². The van der Waals surface area contributed by atoms with Gasteiger partial charge in [0.25, 0.3) is 5.91 Å². The van der Waals surface area contributed by atoms with Crippen LogP contribution in [0.15, 0.2) is 24.3 Å². The van der Waals surface area contributed by atoms with Crippen molar-refractivity contribution < 1.29 is 24.2 Å². The number of nitrogens with one attached hydrogen (secondary N) is 2. The largest absolute Gasteiger partial charge is 0.497 e. The molecule has 1 aromatic heterocycles. The van der Waals surface area contributed by atoms with Gasteiger partial charge in [-0.3, -0.25) is 14.4 Å². The number of ether oxygens (including phenoxy) is 1. The Labute approximate surface area is 173 Å². The Morgan fingerprint density at radius 3 is 2.76 bits per heavy atom. The highest BCUT2D eigenvalue weighted by Gasteiger charge is 2.28. The number of benzene rings is 1. The smallest absolute Gasteiger partial charge is 0.303 e. The van der Waals surface area contributed by atoms with Crippen LogP contribution < -0.4 is 15.4 Å². The van der Waals surface area contributed by atoms with Crippen LogP contribution in [-0.4, -0.2) is 30.0 Å². The van der Waals surface area contributed by atoms with Crippen LogP contribution >= 0.6 is 11.3 Å². The first-order valence-electron chi connectivity index (χ1n) is 9.49. The molecule has 0 fully saturated rings. The van der Waals surface area contributed by atoms with Crippen LogP contribution in [0.1, 0.15) is 47.0 Å². The lowest BCUT2D eigenvalue weighted by Gasteiger charge is -2.18. The zero-order valence-electron chi connectivity index (χ0n) is 16.4. The average molecular weight is 416 g/mol. The second kappa shape index (κ2) is 9.09. The van der Waals surface area contributed by atoms with Gasteiger partial charge in [-0.05, 0) is 42.9 Å². The lowest BCUT2D eigenvalue weighted by molar-refractivity contribution is -0.138. The zero-order chi connectivity index (χ0) is 21.0. The van der Waals surface area contributed by atoms with Crippen molar-refractivity contribution in [3.63, 3.8) is 0 Å². The van der Waals surface area contributed by atoms with Gasteiger partial charge in [0.15, 0.2) is 0 Å². The number of aliphatic carboxylic acids is 1. The molecule has 1 heterocycles. The third-order valence-corrected chi connectivity index (χ3v) is 6.06. The topological polar surface area (TPSA) is 105 Å². The molecular formula is C21H24N2O5S. The molecule has 7 nitrogen and oxygen atoms in total. The SMILES string of the molecule is COc1cccc(NC(=O)c2c(NC(=O)CCC(=O)O)sc3c2CCC(C)C3)c1. The van der Waals surface area contributed by atoms with E-state index in [1.165, 1.54) is 11.3 Å². The molecule has 2 aromatic rings. The number of carbonyl (C=O) groups is 3. The van der Waals surface area contributed by atoms with Crippen LogP contribution in [0.5, 0.6) is 5.75 Å². The zero-order valence-corrected chi connectivity index (χ0v) is 17.2. The molecule has 8 heteroatoms. The highest BCUT2D eigenvalue weighted by atomic mass is 32.1. The van der Waals surface area contributed by atoms with Crippen molar-refractivity contribution in [2.45, 2.75) is 39.0 Å². The second-order valence-electron chi connectivity index (χ2n) is 7.18. The fourth-order valence-electron chi connectivity index (χ4n) is 3.38. The number of hydrogen-bond donors (Lipinski definition) is 3. The van der Waals surface area contributed by atoms with E-state index in [-0.39, 0.29) is 18.7 Å². The van der Waals surface area contributed by atoms with Gasteiger partial charge in [-0.25, -0.2) is 0 Å². The summed E-state index contributed by atoms with van der Waals surface area (Å²) < 4.78 is 5.20. The Bertz CT molecular complexity index is 937. The van der Waals surface area contributed by atoms with E-state index in [0.717, 1.165) is 29.7 Å². The molecule has 1 atom stereocenters. The Balaban J connectivity index is 1.87. The lowest BCUT2D eigenvalue weighted by atomic mass is 9.88. The van der Waals surface area contributed by atoms with Gasteiger partial charge < -0.3 is 20.5 Å². The summed E-state index contributed by atoms with van der Waals surface area (Å²) in [5, 5.41) is 14.9. The predicted octanol–water partition coefficient (Wildman–Crippen LogP) is 3.94. The monoisotopic (exact) mass is 416 g/mol. The van der Waals surface area contributed by atoms with Gasteiger partial charge in [0.1, 0.15) is 10.8 Å². The van der Waals surface area contributed by atoms with E-state index in [9.17, 15) is 14.4 Å². The number of amides is 2. The molecular weight excluding hydrogens is 392 g/mol. The first-order chi connectivity index (χ1) is 13.9. The van der Waals surface area contributed by atoms with Gasteiger partial charge in [0.05, 0.1) is 19.1 Å². The molecule has 1 aromatic carbocycles. The van der Waals surface area contributed by atoms with Crippen LogP contribution in [0.3, 0.4) is 0 Å². The molecule has 1 aliphatic carbocycles. The van der Waals surface area contributed by atoms with Crippen LogP contribution in [0.25, 0.3) is 0 Å². The average Bonchev–Trinajstić information content (AvgIpc) is 3.03. The molecule has 0 bridgehead atoms. The van der Waals surface area contributed by atoms with E-state index < -0.39 is 11.9 Å². The van der Waals surface area contributed by atoms with Gasteiger partial charge in [0, 0.05) is 23.1 Å². The van der Waals surface area contributed by atoms with E-state index >= 15 is 0 Å². The maximum absolute atomic E-state index is 13.1. The van der Waals surface area contributed by atoms with Crippen molar-refractivity contribution in [3.8, 4) is 5.75 Å². The highest BCUT2D eigenvalue weighted by molar-refractivity contribution is 7.17. The molecule has 0 aliphatic heterocycles. The Morgan fingerprint density at radius 1 is 1.24 bits per heavy atom. The summed E-state index contributed by atoms with van der Waals surface area (Å²) in [6, 6.07) is 7.07. The Morgan fingerprint density at radius 2 is 2.03 bits per heavy atom. The second-order valence-corrected chi connectivity index (χ2v) is 8.29. The molecule has 154 valence electrons. The maximum atomic E-state index is 13.1. The minimum absolute atomic E-state index is 0.134. The summed E-state index contributed by atoms with van der Waals surface area (Å²) in [6.07, 6.45) is 2.24. The fourth-order valence-corrected chi connectivity index (χ4v) is 4.81. The van der Waals surface area contributed by atoms with Gasteiger partial charge in [-0.2, -0.15) is 0 Å². The normalized spacial score (nSPS) is 15.3. The van der Waals surface area contributed by atoms with Crippen molar-refractivity contribution in [2.24, 2.45) is 5.92 Å². The van der Waals surface area contributed by atoms with E-state index in [2.05, 4.69) is 17.6 Å². The number of anilines is 2. The van der Waals surface area contributed by atoms with Gasteiger partial charge in [0.2, 0.25) is 5.91 Å².